The first-order valence-electron chi connectivity index (χ1n) is 13.7. The van der Waals surface area contributed by atoms with E-state index in [4.69, 9.17) is 23.7 Å². The zero-order valence-electron chi connectivity index (χ0n) is 21.7. The highest BCUT2D eigenvalue weighted by atomic mass is 16.6. The molecule has 1 saturated carbocycles. The normalized spacial score (nSPS) is 31.3. The Morgan fingerprint density at radius 1 is 1.13 bits per heavy atom. The Hall–Kier alpha value is -2.63. The number of hydrogen-bond donors (Lipinski definition) is 0. The van der Waals surface area contributed by atoms with Crippen LogP contribution in [0.4, 0.5) is 0 Å². The molecular weight excluding hydrogens is 486 g/mol. The van der Waals surface area contributed by atoms with E-state index in [0.29, 0.717) is 26.4 Å². The molecule has 6 aliphatic rings. The fourth-order valence-electron chi connectivity index (χ4n) is 7.16. The smallest absolute Gasteiger partial charge is 0.141 e. The molecule has 38 heavy (non-hydrogen) atoms. The van der Waals surface area contributed by atoms with Crippen LogP contribution in [0.25, 0.3) is 10.9 Å². The molecule has 0 amide bonds. The third-order valence-electron chi connectivity index (χ3n) is 9.16. The molecule has 7 heterocycles. The lowest BCUT2D eigenvalue weighted by atomic mass is 9.67. The predicted octanol–water partition coefficient (Wildman–Crippen LogP) is 2.40. The molecule has 5 fully saturated rings. The molecular formula is C28H33N5O5. The van der Waals surface area contributed by atoms with Crippen LogP contribution in [0.5, 0.6) is 5.75 Å². The highest BCUT2D eigenvalue weighted by Gasteiger charge is 2.69. The van der Waals surface area contributed by atoms with E-state index in [9.17, 15) is 0 Å². The molecule has 5 aliphatic heterocycles. The number of hydrogen-bond acceptors (Lipinski definition) is 9. The number of fused-ring (bicyclic) bond motifs is 3. The fourth-order valence-corrected chi connectivity index (χ4v) is 7.16. The lowest BCUT2D eigenvalue weighted by Gasteiger charge is -2.51. The van der Waals surface area contributed by atoms with E-state index >= 15 is 0 Å². The molecule has 10 heteroatoms. The Labute approximate surface area is 221 Å². The molecule has 2 bridgehead atoms. The van der Waals surface area contributed by atoms with Crippen LogP contribution in [0.3, 0.4) is 0 Å². The van der Waals surface area contributed by atoms with Crippen LogP contribution >= 0.6 is 0 Å². The van der Waals surface area contributed by atoms with Crippen LogP contribution in [-0.4, -0.2) is 88.7 Å². The highest BCUT2D eigenvalue weighted by molar-refractivity contribution is 5.84. The van der Waals surface area contributed by atoms with Crippen LogP contribution in [0, 0.1) is 0 Å². The average Bonchev–Trinajstić information content (AvgIpc) is 3.60. The summed E-state index contributed by atoms with van der Waals surface area (Å²) in [5.74, 6) is 0.817. The van der Waals surface area contributed by atoms with Crippen molar-refractivity contribution in [3.8, 4) is 5.75 Å². The number of ether oxygens (including phenoxy) is 5. The minimum atomic E-state index is -0.222. The topological polar surface area (TPSA) is 93.0 Å². The molecule has 1 spiro atoms. The van der Waals surface area contributed by atoms with E-state index in [1.165, 1.54) is 11.1 Å². The van der Waals surface area contributed by atoms with Gasteiger partial charge in [-0.05, 0) is 55.5 Å². The van der Waals surface area contributed by atoms with Crippen LogP contribution in [0.15, 0.2) is 30.6 Å². The van der Waals surface area contributed by atoms with E-state index in [1.807, 2.05) is 25.3 Å². The van der Waals surface area contributed by atoms with Gasteiger partial charge in [0, 0.05) is 23.7 Å². The number of aromatic nitrogens is 4. The summed E-state index contributed by atoms with van der Waals surface area (Å²) in [6.45, 7) is 7.96. The molecule has 4 saturated heterocycles. The van der Waals surface area contributed by atoms with Crippen LogP contribution in [0.2, 0.25) is 0 Å². The van der Waals surface area contributed by atoms with Gasteiger partial charge in [0.05, 0.1) is 69.5 Å². The summed E-state index contributed by atoms with van der Waals surface area (Å²) in [5, 5.41) is 10.3. The molecule has 1 aromatic carbocycles. The zero-order chi connectivity index (χ0) is 25.3. The molecule has 10 nitrogen and oxygen atoms in total. The standard InChI is InChI=1S/C28H33N5O5/c1-18(38-21-2-3-25-24(6-21)23-4-5-34-9-19(23)7-29-25)26-8-33(31-30-26)27-14-28(15-27)17-36-10-20(32(28)16-27)11-37-22-12-35-13-22/h2-3,6-8,18,20,22H,4-5,9-17H2,1H3/t18-,20?,27?,28?/m1/s1. The first-order valence-corrected chi connectivity index (χ1v) is 13.7. The van der Waals surface area contributed by atoms with E-state index in [1.54, 1.807) is 0 Å². The molecule has 2 aromatic heterocycles. The Balaban J connectivity index is 0.979. The third-order valence-corrected chi connectivity index (χ3v) is 9.16. The van der Waals surface area contributed by atoms with Crippen LogP contribution < -0.4 is 4.74 Å². The number of benzene rings is 1. The maximum absolute atomic E-state index is 6.37. The summed E-state index contributed by atoms with van der Waals surface area (Å²) < 4.78 is 31.4. The van der Waals surface area contributed by atoms with Gasteiger partial charge in [-0.1, -0.05) is 5.21 Å². The van der Waals surface area contributed by atoms with Gasteiger partial charge < -0.3 is 23.7 Å². The minimum Gasteiger partial charge on any atom is -0.484 e. The predicted molar refractivity (Wildman–Crippen MR) is 136 cm³/mol. The first-order chi connectivity index (χ1) is 18.6. The van der Waals surface area contributed by atoms with Gasteiger partial charge in [0.15, 0.2) is 0 Å². The highest BCUT2D eigenvalue weighted by Crippen LogP contribution is 2.59. The van der Waals surface area contributed by atoms with E-state index in [0.717, 1.165) is 68.0 Å². The van der Waals surface area contributed by atoms with Crippen molar-refractivity contribution < 1.29 is 23.7 Å². The van der Waals surface area contributed by atoms with E-state index in [2.05, 4.69) is 37.1 Å². The van der Waals surface area contributed by atoms with Crippen molar-refractivity contribution >= 4 is 10.9 Å². The molecule has 1 unspecified atom stereocenters. The second-order valence-corrected chi connectivity index (χ2v) is 11.7. The van der Waals surface area contributed by atoms with Crippen molar-refractivity contribution in [3.63, 3.8) is 0 Å². The second kappa shape index (κ2) is 8.69. The number of nitrogens with zero attached hydrogens (tertiary/aromatic N) is 5. The van der Waals surface area contributed by atoms with Crippen molar-refractivity contribution in [1.82, 2.24) is 24.9 Å². The molecule has 0 radical (unpaired) electrons. The lowest BCUT2D eigenvalue weighted by molar-refractivity contribution is -0.163. The van der Waals surface area contributed by atoms with Gasteiger partial charge in [-0.15, -0.1) is 5.10 Å². The average molecular weight is 520 g/mol. The van der Waals surface area contributed by atoms with E-state index in [-0.39, 0.29) is 29.3 Å². The van der Waals surface area contributed by atoms with Gasteiger partial charge >= 0.3 is 0 Å². The molecule has 9 rings (SSSR count). The minimum absolute atomic E-state index is 0.0355. The van der Waals surface area contributed by atoms with Crippen molar-refractivity contribution in [2.24, 2.45) is 0 Å². The van der Waals surface area contributed by atoms with Gasteiger partial charge in [-0.25, -0.2) is 4.68 Å². The summed E-state index contributed by atoms with van der Waals surface area (Å²) in [6.07, 6.45) is 6.99. The molecule has 3 aromatic rings. The summed E-state index contributed by atoms with van der Waals surface area (Å²) in [4.78, 5) is 7.22. The van der Waals surface area contributed by atoms with Gasteiger partial charge in [0.2, 0.25) is 0 Å². The Morgan fingerprint density at radius 2 is 2.05 bits per heavy atom. The monoisotopic (exact) mass is 519 g/mol. The Bertz CT molecular complexity index is 1370. The van der Waals surface area contributed by atoms with Gasteiger partial charge in [0.1, 0.15) is 23.7 Å². The van der Waals surface area contributed by atoms with Crippen molar-refractivity contribution in [1.29, 1.82) is 0 Å². The van der Waals surface area contributed by atoms with Crippen molar-refractivity contribution in [2.75, 3.05) is 46.2 Å². The van der Waals surface area contributed by atoms with E-state index < -0.39 is 0 Å². The summed E-state index contributed by atoms with van der Waals surface area (Å²) in [7, 11) is 0. The largest absolute Gasteiger partial charge is 0.484 e. The number of rotatable bonds is 7. The van der Waals surface area contributed by atoms with Gasteiger partial charge in [-0.2, -0.15) is 0 Å². The SMILES string of the molecule is C[C@@H](Oc1ccc2ncc3c(c2c1)CCOC3)c1cn(C23CN4C(COC5COC5)COCC4(C2)C3)nn1. The summed E-state index contributed by atoms with van der Waals surface area (Å²) >= 11 is 0. The quantitative estimate of drug-likeness (QED) is 0.467. The van der Waals surface area contributed by atoms with Crippen LogP contribution in [0.1, 0.15) is 42.7 Å². The Kier molecular flexibility index (Phi) is 5.32. The summed E-state index contributed by atoms with van der Waals surface area (Å²) in [6, 6.07) is 6.41. The van der Waals surface area contributed by atoms with Gasteiger partial charge in [0.25, 0.3) is 0 Å². The molecule has 0 N–H and O–H groups in total. The maximum atomic E-state index is 6.37. The lowest BCUT2D eigenvalue weighted by Crippen LogP contribution is -2.62. The number of pyridine rings is 1. The molecule has 1 aliphatic carbocycles. The maximum Gasteiger partial charge on any atom is 0.141 e. The summed E-state index contributed by atoms with van der Waals surface area (Å²) in [5.41, 5.74) is 4.37. The Morgan fingerprint density at radius 3 is 2.92 bits per heavy atom. The molecule has 200 valence electrons. The van der Waals surface area contributed by atoms with Gasteiger partial charge in [-0.3, -0.25) is 9.88 Å². The second-order valence-electron chi connectivity index (χ2n) is 11.7. The fraction of sp³-hybridized carbons (Fsp3) is 0.607. The van der Waals surface area contributed by atoms with Crippen molar-refractivity contribution in [2.45, 2.75) is 62.1 Å². The first kappa shape index (κ1) is 23.3. The zero-order valence-corrected chi connectivity index (χ0v) is 21.7. The third kappa shape index (κ3) is 3.61. The van der Waals surface area contributed by atoms with Crippen molar-refractivity contribution in [3.05, 3.63) is 47.4 Å². The van der Waals surface area contributed by atoms with Crippen LogP contribution in [-0.2, 0) is 37.5 Å². The molecule has 2 atom stereocenters. The number of morpholine rings is 1.